The molecule has 2 aromatic rings. The Morgan fingerprint density at radius 2 is 2.12 bits per heavy atom. The summed E-state index contributed by atoms with van der Waals surface area (Å²) in [7, 11) is 1.64. The van der Waals surface area contributed by atoms with Gasteiger partial charge in [-0.2, -0.15) is 0 Å². The third-order valence-electron chi connectivity index (χ3n) is 4.62. The van der Waals surface area contributed by atoms with Gasteiger partial charge >= 0.3 is 0 Å². The van der Waals surface area contributed by atoms with Crippen LogP contribution < -0.4 is 10.1 Å². The van der Waals surface area contributed by atoms with Crippen LogP contribution in [0.5, 0.6) is 5.75 Å². The Morgan fingerprint density at radius 1 is 1.36 bits per heavy atom. The van der Waals surface area contributed by atoms with E-state index in [4.69, 9.17) is 4.74 Å². The number of carbonyl (C=O) groups is 1. The molecule has 25 heavy (non-hydrogen) atoms. The molecular weight excluding hydrogens is 334 g/mol. The van der Waals surface area contributed by atoms with E-state index in [1.165, 1.54) is 4.88 Å². The number of hydrogen-bond donors (Lipinski definition) is 1. The maximum atomic E-state index is 12.6. The van der Waals surface area contributed by atoms with Crippen LogP contribution >= 0.6 is 11.3 Å². The van der Waals surface area contributed by atoms with Crippen LogP contribution in [0, 0.1) is 6.92 Å². The fourth-order valence-electron chi connectivity index (χ4n) is 3.19. The van der Waals surface area contributed by atoms with Gasteiger partial charge in [-0.05, 0) is 25.8 Å². The largest absolute Gasteiger partial charge is 0.496 e. The van der Waals surface area contributed by atoms with E-state index in [1.54, 1.807) is 18.4 Å². The molecule has 0 spiro atoms. The number of methoxy groups -OCH3 is 1. The molecule has 2 heterocycles. The Balaban J connectivity index is 1.46. The van der Waals surface area contributed by atoms with Gasteiger partial charge in [0.2, 0.25) is 5.91 Å². The summed E-state index contributed by atoms with van der Waals surface area (Å²) in [5, 5.41) is 4.70. The van der Waals surface area contributed by atoms with Crippen LogP contribution in [-0.4, -0.2) is 42.0 Å². The lowest BCUT2D eigenvalue weighted by molar-refractivity contribution is -0.131. The summed E-state index contributed by atoms with van der Waals surface area (Å²) in [4.78, 5) is 20.1. The van der Waals surface area contributed by atoms with E-state index in [1.807, 2.05) is 42.3 Å². The molecule has 3 rings (SSSR count). The second-order valence-electron chi connectivity index (χ2n) is 6.37. The molecule has 1 fully saturated rings. The molecule has 0 saturated carbocycles. The van der Waals surface area contributed by atoms with Gasteiger partial charge in [0.1, 0.15) is 5.75 Å². The van der Waals surface area contributed by atoms with E-state index in [9.17, 15) is 4.79 Å². The van der Waals surface area contributed by atoms with Crippen molar-refractivity contribution in [2.24, 2.45) is 0 Å². The topological polar surface area (TPSA) is 54.5 Å². The number of nitrogens with one attached hydrogen (secondary N) is 1. The van der Waals surface area contributed by atoms with Gasteiger partial charge in [0.05, 0.1) is 18.5 Å². The number of aromatic nitrogens is 1. The van der Waals surface area contributed by atoms with Gasteiger partial charge in [0, 0.05) is 42.3 Å². The zero-order valence-electron chi connectivity index (χ0n) is 14.8. The van der Waals surface area contributed by atoms with Crippen molar-refractivity contribution in [2.75, 3.05) is 20.2 Å². The Morgan fingerprint density at radius 3 is 2.80 bits per heavy atom. The highest BCUT2D eigenvalue weighted by Gasteiger charge is 2.23. The molecule has 0 aliphatic carbocycles. The third-order valence-corrected chi connectivity index (χ3v) is 5.53. The molecule has 6 heteroatoms. The summed E-state index contributed by atoms with van der Waals surface area (Å²) in [5.41, 5.74) is 0.954. The zero-order valence-corrected chi connectivity index (χ0v) is 15.6. The minimum atomic E-state index is 0.182. The molecule has 1 saturated heterocycles. The number of para-hydroxylation sites is 1. The lowest BCUT2D eigenvalue weighted by Gasteiger charge is -2.32. The van der Waals surface area contributed by atoms with Gasteiger partial charge in [0.15, 0.2) is 0 Å². The first-order valence-electron chi connectivity index (χ1n) is 8.70. The summed E-state index contributed by atoms with van der Waals surface area (Å²) in [6.45, 7) is 4.52. The number of benzene rings is 1. The first-order chi connectivity index (χ1) is 12.2. The molecule has 0 bridgehead atoms. The highest BCUT2D eigenvalue weighted by atomic mass is 32.1. The summed E-state index contributed by atoms with van der Waals surface area (Å²) < 4.78 is 5.34. The van der Waals surface area contributed by atoms with E-state index in [0.29, 0.717) is 12.5 Å². The maximum absolute atomic E-state index is 12.6. The number of likely N-dealkylation sites (tertiary alicyclic amines) is 1. The van der Waals surface area contributed by atoms with E-state index in [-0.39, 0.29) is 5.91 Å². The monoisotopic (exact) mass is 359 g/mol. The molecule has 1 aliphatic heterocycles. The molecule has 0 unspecified atom stereocenters. The van der Waals surface area contributed by atoms with Crippen LogP contribution in [0.1, 0.15) is 28.3 Å². The first kappa shape index (κ1) is 17.9. The molecular formula is C19H25N3O2S. The number of ether oxygens (including phenoxy) is 1. The number of aryl methyl sites for hydroxylation is 1. The second-order valence-corrected chi connectivity index (χ2v) is 7.69. The summed E-state index contributed by atoms with van der Waals surface area (Å²) in [6, 6.07) is 8.21. The molecule has 0 atom stereocenters. The fraction of sp³-hybridized carbons (Fsp3) is 0.474. The van der Waals surface area contributed by atoms with E-state index >= 15 is 0 Å². The first-order valence-corrected chi connectivity index (χ1v) is 9.51. The van der Waals surface area contributed by atoms with Crippen LogP contribution in [-0.2, 0) is 17.8 Å². The van der Waals surface area contributed by atoms with Crippen molar-refractivity contribution in [1.82, 2.24) is 15.2 Å². The van der Waals surface area contributed by atoms with Crippen molar-refractivity contribution >= 4 is 17.2 Å². The van der Waals surface area contributed by atoms with Crippen molar-refractivity contribution in [3.05, 3.63) is 45.9 Å². The predicted octanol–water partition coefficient (Wildman–Crippen LogP) is 2.78. The third kappa shape index (κ3) is 4.80. The van der Waals surface area contributed by atoms with Gasteiger partial charge in [-0.3, -0.25) is 4.79 Å². The average Bonchev–Trinajstić information content (AvgIpc) is 3.06. The number of thiazole rings is 1. The number of amides is 1. The predicted molar refractivity (Wildman–Crippen MR) is 100.0 cm³/mol. The smallest absolute Gasteiger partial charge is 0.227 e. The Hall–Kier alpha value is -1.92. The van der Waals surface area contributed by atoms with Crippen LogP contribution in [0.3, 0.4) is 0 Å². The molecule has 134 valence electrons. The average molecular weight is 359 g/mol. The van der Waals surface area contributed by atoms with Crippen LogP contribution in [0.15, 0.2) is 30.5 Å². The lowest BCUT2D eigenvalue weighted by Crippen LogP contribution is -2.45. The lowest BCUT2D eigenvalue weighted by atomic mass is 10.0. The van der Waals surface area contributed by atoms with Crippen LogP contribution in [0.25, 0.3) is 0 Å². The van der Waals surface area contributed by atoms with Crippen molar-refractivity contribution in [3.8, 4) is 5.75 Å². The molecule has 5 nitrogen and oxygen atoms in total. The Bertz CT molecular complexity index is 708. The molecule has 1 aromatic carbocycles. The van der Waals surface area contributed by atoms with Gasteiger partial charge in [-0.25, -0.2) is 4.98 Å². The Kier molecular flexibility index (Phi) is 6.04. The fourth-order valence-corrected chi connectivity index (χ4v) is 3.93. The zero-order chi connectivity index (χ0) is 17.6. The Labute approximate surface area is 153 Å². The number of piperidine rings is 1. The normalized spacial score (nSPS) is 15.4. The molecule has 1 aromatic heterocycles. The van der Waals surface area contributed by atoms with Crippen LogP contribution in [0.4, 0.5) is 0 Å². The number of carbonyl (C=O) groups excluding carboxylic acids is 1. The van der Waals surface area contributed by atoms with Crippen molar-refractivity contribution in [1.29, 1.82) is 0 Å². The molecule has 1 amide bonds. The van der Waals surface area contributed by atoms with Crippen LogP contribution in [0.2, 0.25) is 0 Å². The minimum absolute atomic E-state index is 0.182. The van der Waals surface area contributed by atoms with Gasteiger partial charge in [0.25, 0.3) is 0 Å². The summed E-state index contributed by atoms with van der Waals surface area (Å²) >= 11 is 1.74. The van der Waals surface area contributed by atoms with Crippen molar-refractivity contribution in [2.45, 2.75) is 38.8 Å². The number of nitrogens with zero attached hydrogens (tertiary/aromatic N) is 2. The van der Waals surface area contributed by atoms with Crippen molar-refractivity contribution < 1.29 is 9.53 Å². The summed E-state index contributed by atoms with van der Waals surface area (Å²) in [5.74, 6) is 0.966. The van der Waals surface area contributed by atoms with Gasteiger partial charge in [-0.15, -0.1) is 11.3 Å². The summed E-state index contributed by atoms with van der Waals surface area (Å²) in [6.07, 6.45) is 4.34. The highest BCUT2D eigenvalue weighted by Crippen LogP contribution is 2.20. The quantitative estimate of drug-likeness (QED) is 0.862. The van der Waals surface area contributed by atoms with E-state index in [2.05, 4.69) is 10.3 Å². The second kappa shape index (κ2) is 8.45. The highest BCUT2D eigenvalue weighted by molar-refractivity contribution is 7.11. The standard InChI is InChI=1S/C19H25N3O2S/c1-14-20-12-17(25-14)13-21-16-7-9-22(10-8-16)19(23)11-15-5-3-4-6-18(15)24-2/h3-6,12,16,21H,7-11,13H2,1-2H3. The van der Waals surface area contributed by atoms with E-state index in [0.717, 1.165) is 48.8 Å². The number of rotatable bonds is 6. The SMILES string of the molecule is COc1ccccc1CC(=O)N1CCC(NCc2cnc(C)s2)CC1. The maximum Gasteiger partial charge on any atom is 0.227 e. The minimum Gasteiger partial charge on any atom is -0.496 e. The molecule has 1 aliphatic rings. The molecule has 0 radical (unpaired) electrons. The van der Waals surface area contributed by atoms with Gasteiger partial charge < -0.3 is 15.0 Å². The van der Waals surface area contributed by atoms with Gasteiger partial charge in [-0.1, -0.05) is 18.2 Å². The molecule has 1 N–H and O–H groups in total. The van der Waals surface area contributed by atoms with E-state index < -0.39 is 0 Å². The number of hydrogen-bond acceptors (Lipinski definition) is 5. The van der Waals surface area contributed by atoms with Crippen molar-refractivity contribution in [3.63, 3.8) is 0 Å².